The molecule has 154 valence electrons. The highest BCUT2D eigenvalue weighted by Gasteiger charge is 2.37. The maximum atomic E-state index is 12.9. The van der Waals surface area contributed by atoms with E-state index in [1.807, 2.05) is 18.4 Å². The van der Waals surface area contributed by atoms with E-state index in [-0.39, 0.29) is 17.6 Å². The lowest BCUT2D eigenvalue weighted by Gasteiger charge is -2.09. The van der Waals surface area contributed by atoms with Gasteiger partial charge >= 0.3 is 6.18 Å². The van der Waals surface area contributed by atoms with E-state index in [0.717, 1.165) is 10.1 Å². The van der Waals surface area contributed by atoms with Gasteiger partial charge in [-0.1, -0.05) is 0 Å². The SMILES string of the molecule is Cc1cc(Oc2ccc(NC(=O)c3sccc3C)cc2)n2nc(C(F)(F)F)nc2n1. The van der Waals surface area contributed by atoms with Crippen LogP contribution in [-0.2, 0) is 6.18 Å². The molecule has 4 rings (SSSR count). The van der Waals surface area contributed by atoms with Crippen LogP contribution in [-0.4, -0.2) is 25.5 Å². The lowest BCUT2D eigenvalue weighted by Crippen LogP contribution is -2.11. The summed E-state index contributed by atoms with van der Waals surface area (Å²) in [5.41, 5.74) is 1.87. The lowest BCUT2D eigenvalue weighted by molar-refractivity contribution is -0.144. The van der Waals surface area contributed by atoms with Gasteiger partial charge in [-0.05, 0) is 55.1 Å². The molecule has 0 fully saturated rings. The molecule has 0 unspecified atom stereocenters. The molecule has 0 saturated heterocycles. The normalized spacial score (nSPS) is 11.6. The highest BCUT2D eigenvalue weighted by Crippen LogP contribution is 2.29. The molecule has 3 heterocycles. The molecule has 11 heteroatoms. The molecule has 3 aromatic heterocycles. The van der Waals surface area contributed by atoms with E-state index in [1.165, 1.54) is 17.4 Å². The van der Waals surface area contributed by atoms with E-state index in [2.05, 4.69) is 20.4 Å². The Morgan fingerprint density at radius 2 is 1.87 bits per heavy atom. The molecule has 0 aliphatic carbocycles. The quantitative estimate of drug-likeness (QED) is 0.497. The number of carbonyl (C=O) groups excluding carboxylic acids is 1. The van der Waals surface area contributed by atoms with Gasteiger partial charge in [-0.25, -0.2) is 4.98 Å². The van der Waals surface area contributed by atoms with Crippen molar-refractivity contribution >= 4 is 28.7 Å². The number of nitrogens with one attached hydrogen (secondary N) is 1. The van der Waals surface area contributed by atoms with Crippen LogP contribution in [0.4, 0.5) is 18.9 Å². The summed E-state index contributed by atoms with van der Waals surface area (Å²) in [4.78, 5) is 20.3. The summed E-state index contributed by atoms with van der Waals surface area (Å²) in [7, 11) is 0. The molecule has 4 aromatic rings. The first-order chi connectivity index (χ1) is 14.2. The molecule has 0 saturated carbocycles. The Morgan fingerprint density at radius 3 is 2.50 bits per heavy atom. The first kappa shape index (κ1) is 19.8. The minimum atomic E-state index is -4.69. The van der Waals surface area contributed by atoms with Gasteiger partial charge in [0.1, 0.15) is 5.75 Å². The molecular weight excluding hydrogens is 419 g/mol. The Labute approximate surface area is 172 Å². The number of hydrogen-bond donors (Lipinski definition) is 1. The van der Waals surface area contributed by atoms with E-state index >= 15 is 0 Å². The molecule has 1 amide bonds. The summed E-state index contributed by atoms with van der Waals surface area (Å²) < 4.78 is 45.3. The van der Waals surface area contributed by atoms with Gasteiger partial charge in [0.2, 0.25) is 5.88 Å². The number of halogens is 3. The summed E-state index contributed by atoms with van der Waals surface area (Å²) in [6.45, 7) is 3.47. The van der Waals surface area contributed by atoms with Crippen molar-refractivity contribution in [2.24, 2.45) is 0 Å². The second-order valence-electron chi connectivity index (χ2n) is 6.39. The fraction of sp³-hybridized carbons (Fsp3) is 0.158. The number of anilines is 1. The van der Waals surface area contributed by atoms with Crippen molar-refractivity contribution in [1.29, 1.82) is 0 Å². The van der Waals surface area contributed by atoms with Crippen molar-refractivity contribution in [3.05, 3.63) is 63.7 Å². The minimum Gasteiger partial charge on any atom is -0.439 e. The topological polar surface area (TPSA) is 81.4 Å². The Balaban J connectivity index is 1.56. The number of aryl methyl sites for hydroxylation is 2. The summed E-state index contributed by atoms with van der Waals surface area (Å²) in [6, 6.07) is 9.74. The third-order valence-electron chi connectivity index (χ3n) is 4.06. The lowest BCUT2D eigenvalue weighted by atomic mass is 10.2. The van der Waals surface area contributed by atoms with Gasteiger partial charge in [0.15, 0.2) is 0 Å². The zero-order chi connectivity index (χ0) is 21.5. The zero-order valence-electron chi connectivity index (χ0n) is 15.7. The van der Waals surface area contributed by atoms with Crippen LogP contribution >= 0.6 is 11.3 Å². The number of carbonyl (C=O) groups is 1. The van der Waals surface area contributed by atoms with Gasteiger partial charge in [-0.2, -0.15) is 22.7 Å². The van der Waals surface area contributed by atoms with E-state index in [4.69, 9.17) is 4.74 Å². The number of alkyl halides is 3. The number of benzene rings is 1. The number of rotatable bonds is 4. The van der Waals surface area contributed by atoms with Gasteiger partial charge in [0, 0.05) is 17.4 Å². The molecule has 0 aliphatic heterocycles. The molecule has 1 aromatic carbocycles. The van der Waals surface area contributed by atoms with Crippen LogP contribution in [0.3, 0.4) is 0 Å². The highest BCUT2D eigenvalue weighted by molar-refractivity contribution is 7.12. The van der Waals surface area contributed by atoms with Gasteiger partial charge < -0.3 is 10.1 Å². The minimum absolute atomic E-state index is 0.0338. The maximum Gasteiger partial charge on any atom is 0.453 e. The van der Waals surface area contributed by atoms with Crippen LogP contribution in [0, 0.1) is 13.8 Å². The summed E-state index contributed by atoms with van der Waals surface area (Å²) in [6.07, 6.45) is -4.69. The second-order valence-corrected chi connectivity index (χ2v) is 7.31. The summed E-state index contributed by atoms with van der Waals surface area (Å²) in [5, 5.41) is 8.08. The molecule has 0 spiro atoms. The number of amides is 1. The molecule has 7 nitrogen and oxygen atoms in total. The average Bonchev–Trinajstić information content (AvgIpc) is 3.29. The molecule has 0 aliphatic rings. The van der Waals surface area contributed by atoms with E-state index < -0.39 is 12.0 Å². The second kappa shape index (κ2) is 7.41. The number of nitrogens with zero attached hydrogens (tertiary/aromatic N) is 4. The number of aromatic nitrogens is 4. The standard InChI is InChI=1S/C19H14F3N5O2S/c1-10-7-8-30-15(10)16(28)24-12-3-5-13(6-4-12)29-14-9-11(2)23-18-25-17(19(20,21)22)26-27(14)18/h3-9H,1-2H3,(H,24,28). The smallest absolute Gasteiger partial charge is 0.439 e. The predicted molar refractivity (Wildman–Crippen MR) is 104 cm³/mol. The van der Waals surface area contributed by atoms with Crippen LogP contribution in [0.15, 0.2) is 41.8 Å². The van der Waals surface area contributed by atoms with Crippen molar-refractivity contribution in [2.45, 2.75) is 20.0 Å². The monoisotopic (exact) mass is 433 g/mol. The number of fused-ring (bicyclic) bond motifs is 1. The van der Waals surface area contributed by atoms with Gasteiger partial charge in [0.05, 0.1) is 4.88 Å². The Hall–Kier alpha value is -3.47. The molecule has 0 radical (unpaired) electrons. The van der Waals surface area contributed by atoms with Crippen molar-refractivity contribution in [2.75, 3.05) is 5.32 Å². The molecule has 0 bridgehead atoms. The Bertz CT molecular complexity index is 1230. The maximum absolute atomic E-state index is 12.9. The van der Waals surface area contributed by atoms with Crippen molar-refractivity contribution in [3.63, 3.8) is 0 Å². The van der Waals surface area contributed by atoms with Crippen LogP contribution in [0.25, 0.3) is 5.78 Å². The van der Waals surface area contributed by atoms with Gasteiger partial charge in [0.25, 0.3) is 17.5 Å². The van der Waals surface area contributed by atoms with Crippen LogP contribution in [0.2, 0.25) is 0 Å². The van der Waals surface area contributed by atoms with Crippen LogP contribution in [0.1, 0.15) is 26.8 Å². The van der Waals surface area contributed by atoms with E-state index in [9.17, 15) is 18.0 Å². The molecule has 1 N–H and O–H groups in total. The highest BCUT2D eigenvalue weighted by atomic mass is 32.1. The van der Waals surface area contributed by atoms with Crippen molar-refractivity contribution < 1.29 is 22.7 Å². The Kier molecular flexibility index (Phi) is 4.90. The third-order valence-corrected chi connectivity index (χ3v) is 5.08. The van der Waals surface area contributed by atoms with E-state index in [0.29, 0.717) is 22.0 Å². The van der Waals surface area contributed by atoms with Crippen LogP contribution < -0.4 is 10.1 Å². The fourth-order valence-electron chi connectivity index (χ4n) is 2.67. The van der Waals surface area contributed by atoms with E-state index in [1.54, 1.807) is 31.2 Å². The molecular formula is C19H14F3N5O2S. The number of ether oxygens (including phenoxy) is 1. The summed E-state index contributed by atoms with van der Waals surface area (Å²) >= 11 is 1.35. The number of thiophene rings is 1. The van der Waals surface area contributed by atoms with Crippen molar-refractivity contribution in [1.82, 2.24) is 19.6 Å². The van der Waals surface area contributed by atoms with Crippen molar-refractivity contribution in [3.8, 4) is 11.6 Å². The fourth-order valence-corrected chi connectivity index (χ4v) is 3.49. The van der Waals surface area contributed by atoms with Crippen LogP contribution in [0.5, 0.6) is 11.6 Å². The summed E-state index contributed by atoms with van der Waals surface area (Å²) in [5.74, 6) is -1.35. The first-order valence-electron chi connectivity index (χ1n) is 8.66. The number of hydrogen-bond acceptors (Lipinski definition) is 6. The zero-order valence-corrected chi connectivity index (χ0v) is 16.5. The van der Waals surface area contributed by atoms with Gasteiger partial charge in [-0.3, -0.25) is 4.79 Å². The average molecular weight is 433 g/mol. The largest absolute Gasteiger partial charge is 0.453 e. The third kappa shape index (κ3) is 3.96. The molecule has 0 atom stereocenters. The molecule has 30 heavy (non-hydrogen) atoms. The first-order valence-corrected chi connectivity index (χ1v) is 9.53. The predicted octanol–water partition coefficient (Wildman–Crippen LogP) is 4.87. The Morgan fingerprint density at radius 1 is 1.13 bits per heavy atom. The van der Waals surface area contributed by atoms with Gasteiger partial charge in [-0.15, -0.1) is 16.4 Å².